The van der Waals surface area contributed by atoms with Crippen LogP contribution in [0.1, 0.15) is 11.3 Å². The third-order valence-electron chi connectivity index (χ3n) is 2.26. The highest BCUT2D eigenvalue weighted by Gasteiger charge is 2.06. The number of rotatable bonds is 5. The number of carbonyl (C=O) groups is 1. The summed E-state index contributed by atoms with van der Waals surface area (Å²) in [6.45, 7) is 0.540. The van der Waals surface area contributed by atoms with Gasteiger partial charge in [-0.3, -0.25) is 9.78 Å². The van der Waals surface area contributed by atoms with Crippen LogP contribution in [0.5, 0.6) is 0 Å². The second-order valence-corrected chi connectivity index (χ2v) is 3.69. The second kappa shape index (κ2) is 5.31. The molecule has 6 heteroatoms. The highest BCUT2D eigenvalue weighted by Crippen LogP contribution is 1.99. The second-order valence-electron chi connectivity index (χ2n) is 3.69. The molecule has 0 aliphatic carbocycles. The Bertz CT molecular complexity index is 494. The molecule has 0 saturated carbocycles. The Kier molecular flexibility index (Phi) is 3.56. The van der Waals surface area contributed by atoms with Crippen molar-refractivity contribution in [2.24, 2.45) is 5.73 Å². The third kappa shape index (κ3) is 3.18. The zero-order valence-corrected chi connectivity index (χ0v) is 9.28. The van der Waals surface area contributed by atoms with E-state index in [2.05, 4.69) is 15.3 Å². The van der Waals surface area contributed by atoms with Crippen LogP contribution in [0.3, 0.4) is 0 Å². The van der Waals surface area contributed by atoms with E-state index < -0.39 is 0 Å². The predicted molar refractivity (Wildman–Crippen MR) is 60.9 cm³/mol. The number of hydrogen-bond donors (Lipinski definition) is 1. The minimum atomic E-state index is 0.0615. The molecule has 2 aromatic rings. The van der Waals surface area contributed by atoms with E-state index in [0.29, 0.717) is 18.7 Å². The molecule has 2 N–H and O–H groups in total. The Balaban J connectivity index is 1.93. The lowest BCUT2D eigenvalue weighted by molar-refractivity contribution is -0.119. The topological polar surface area (TPSA) is 86.7 Å². The molecule has 0 bridgehead atoms. The average Bonchev–Trinajstić information content (AvgIpc) is 2.78. The van der Waals surface area contributed by atoms with E-state index in [1.807, 2.05) is 12.1 Å². The minimum absolute atomic E-state index is 0.0615. The summed E-state index contributed by atoms with van der Waals surface area (Å²) >= 11 is 0. The van der Waals surface area contributed by atoms with Crippen molar-refractivity contribution in [3.05, 3.63) is 42.0 Å². The van der Waals surface area contributed by atoms with Crippen LogP contribution in [0.25, 0.3) is 0 Å². The summed E-state index contributed by atoms with van der Waals surface area (Å²) in [6, 6.07) is 3.68. The van der Waals surface area contributed by atoms with Crippen molar-refractivity contribution in [1.29, 1.82) is 0 Å². The summed E-state index contributed by atoms with van der Waals surface area (Å²) in [5, 5.41) is 7.64. The lowest BCUT2D eigenvalue weighted by Gasteiger charge is -2.00. The molecule has 0 saturated heterocycles. The van der Waals surface area contributed by atoms with Gasteiger partial charge in [0.2, 0.25) is 0 Å². The molecule has 17 heavy (non-hydrogen) atoms. The first-order chi connectivity index (χ1) is 8.28. The Morgan fingerprint density at radius 3 is 3.00 bits per heavy atom. The first-order valence-corrected chi connectivity index (χ1v) is 5.27. The van der Waals surface area contributed by atoms with Crippen LogP contribution in [0.4, 0.5) is 0 Å². The molecule has 88 valence electrons. The fourth-order valence-electron chi connectivity index (χ4n) is 1.48. The van der Waals surface area contributed by atoms with Crippen LogP contribution in [-0.2, 0) is 24.3 Å². The first-order valence-electron chi connectivity index (χ1n) is 5.27. The Labute approximate surface area is 98.5 Å². The number of hydrogen-bond acceptors (Lipinski definition) is 5. The van der Waals surface area contributed by atoms with Gasteiger partial charge >= 0.3 is 0 Å². The predicted octanol–water partition coefficient (Wildman–Crippen LogP) is -0.0564. The highest BCUT2D eigenvalue weighted by molar-refractivity contribution is 5.80. The zero-order valence-electron chi connectivity index (χ0n) is 9.28. The Morgan fingerprint density at radius 2 is 2.35 bits per heavy atom. The van der Waals surface area contributed by atoms with Gasteiger partial charge in [-0.1, -0.05) is 11.3 Å². The molecule has 0 fully saturated rings. The van der Waals surface area contributed by atoms with Crippen LogP contribution in [0.2, 0.25) is 0 Å². The zero-order chi connectivity index (χ0) is 12.1. The van der Waals surface area contributed by atoms with Crippen molar-refractivity contribution in [1.82, 2.24) is 20.0 Å². The molecule has 0 atom stereocenters. The van der Waals surface area contributed by atoms with Gasteiger partial charge in [-0.15, -0.1) is 5.10 Å². The van der Waals surface area contributed by atoms with Gasteiger partial charge in [0.25, 0.3) is 0 Å². The molecule has 0 aliphatic rings. The lowest BCUT2D eigenvalue weighted by Crippen LogP contribution is -2.13. The normalized spacial score (nSPS) is 10.4. The molecular formula is C11H13N5O. The minimum Gasteiger partial charge on any atom is -0.325 e. The number of nitrogens with zero attached hydrogens (tertiary/aromatic N) is 4. The first kappa shape index (κ1) is 11.4. The largest absolute Gasteiger partial charge is 0.325 e. The van der Waals surface area contributed by atoms with Crippen molar-refractivity contribution in [3.8, 4) is 0 Å². The van der Waals surface area contributed by atoms with Crippen molar-refractivity contribution >= 4 is 5.78 Å². The van der Waals surface area contributed by atoms with E-state index in [1.165, 1.54) is 4.68 Å². The molecule has 2 rings (SSSR count). The van der Waals surface area contributed by atoms with Gasteiger partial charge < -0.3 is 5.73 Å². The molecule has 2 aromatic heterocycles. The van der Waals surface area contributed by atoms with Crippen LogP contribution in [0.15, 0.2) is 30.7 Å². The summed E-state index contributed by atoms with van der Waals surface area (Å²) < 4.78 is 1.50. The molecule has 0 aliphatic heterocycles. The maximum Gasteiger partial charge on any atom is 0.158 e. The maximum atomic E-state index is 11.7. The van der Waals surface area contributed by atoms with Gasteiger partial charge in [0.1, 0.15) is 6.54 Å². The molecule has 0 unspecified atom stereocenters. The van der Waals surface area contributed by atoms with E-state index in [4.69, 9.17) is 5.73 Å². The fourth-order valence-corrected chi connectivity index (χ4v) is 1.48. The third-order valence-corrected chi connectivity index (χ3v) is 2.26. The summed E-state index contributed by atoms with van der Waals surface area (Å²) in [7, 11) is 0. The van der Waals surface area contributed by atoms with E-state index in [1.54, 1.807) is 18.6 Å². The van der Waals surface area contributed by atoms with Crippen molar-refractivity contribution in [3.63, 3.8) is 0 Å². The Morgan fingerprint density at radius 1 is 1.47 bits per heavy atom. The molecule has 0 radical (unpaired) electrons. The molecule has 6 nitrogen and oxygen atoms in total. The number of Topliss-reactive ketones (excluding diaryl/α,β-unsaturated/α-hetero) is 1. The molecule has 0 aromatic carbocycles. The van der Waals surface area contributed by atoms with Gasteiger partial charge in [0.05, 0.1) is 11.9 Å². The summed E-state index contributed by atoms with van der Waals surface area (Å²) in [5.74, 6) is 0.0615. The van der Waals surface area contributed by atoms with Gasteiger partial charge in [0.15, 0.2) is 5.78 Å². The van der Waals surface area contributed by atoms with E-state index in [0.717, 1.165) is 5.56 Å². The lowest BCUT2D eigenvalue weighted by atomic mass is 10.1. The summed E-state index contributed by atoms with van der Waals surface area (Å²) in [6.07, 6.45) is 5.40. The quantitative estimate of drug-likeness (QED) is 0.779. The molecule has 0 spiro atoms. The smallest absolute Gasteiger partial charge is 0.158 e. The van der Waals surface area contributed by atoms with Crippen LogP contribution in [0, 0.1) is 0 Å². The van der Waals surface area contributed by atoms with Gasteiger partial charge in [-0.05, 0) is 11.6 Å². The number of ketones is 1. The number of pyridine rings is 1. The number of nitrogens with two attached hydrogens (primary N) is 1. The summed E-state index contributed by atoms with van der Waals surface area (Å²) in [5.41, 5.74) is 6.99. The highest BCUT2D eigenvalue weighted by atomic mass is 16.1. The van der Waals surface area contributed by atoms with E-state index in [9.17, 15) is 4.79 Å². The van der Waals surface area contributed by atoms with E-state index >= 15 is 0 Å². The van der Waals surface area contributed by atoms with E-state index in [-0.39, 0.29) is 12.3 Å². The molecular weight excluding hydrogens is 218 g/mol. The van der Waals surface area contributed by atoms with Crippen LogP contribution >= 0.6 is 0 Å². The standard InChI is InChI=1S/C11H13N5O/c12-5-10-7-16(15-14-10)8-11(17)4-9-2-1-3-13-6-9/h1-3,6-7H,4-5,8,12H2. The summed E-state index contributed by atoms with van der Waals surface area (Å²) in [4.78, 5) is 15.7. The van der Waals surface area contributed by atoms with Gasteiger partial charge in [-0.2, -0.15) is 0 Å². The van der Waals surface area contributed by atoms with Crippen molar-refractivity contribution in [2.75, 3.05) is 0 Å². The fraction of sp³-hybridized carbons (Fsp3) is 0.273. The number of carbonyl (C=O) groups excluding carboxylic acids is 1. The van der Waals surface area contributed by atoms with Gasteiger partial charge in [-0.25, -0.2) is 4.68 Å². The van der Waals surface area contributed by atoms with Crippen molar-refractivity contribution in [2.45, 2.75) is 19.5 Å². The molecule has 0 amide bonds. The monoisotopic (exact) mass is 231 g/mol. The maximum absolute atomic E-state index is 11.7. The van der Waals surface area contributed by atoms with Crippen LogP contribution < -0.4 is 5.73 Å². The Hall–Kier alpha value is -2.08. The van der Waals surface area contributed by atoms with Crippen molar-refractivity contribution < 1.29 is 4.79 Å². The van der Waals surface area contributed by atoms with Gasteiger partial charge in [0, 0.05) is 25.4 Å². The molecule has 2 heterocycles. The average molecular weight is 231 g/mol. The van der Waals surface area contributed by atoms with Crippen LogP contribution in [-0.4, -0.2) is 25.8 Å². The SMILES string of the molecule is NCc1cn(CC(=O)Cc2cccnc2)nn1. The number of aromatic nitrogens is 4.